The van der Waals surface area contributed by atoms with E-state index in [0.717, 1.165) is 0 Å². The first-order valence-corrected chi connectivity index (χ1v) is 23.0. The second kappa shape index (κ2) is 30.1. The average molecular weight is 981 g/mol. The highest BCUT2D eigenvalue weighted by Gasteiger charge is 2.35. The van der Waals surface area contributed by atoms with Gasteiger partial charge in [-0.3, -0.25) is 43.5 Å². The number of aliphatic carboxylic acids is 1. The van der Waals surface area contributed by atoms with E-state index >= 15 is 0 Å². The van der Waals surface area contributed by atoms with Crippen LogP contribution >= 0.6 is 0 Å². The molecule has 0 aromatic heterocycles. The van der Waals surface area contributed by atoms with Gasteiger partial charge in [0.25, 0.3) is 0 Å². The van der Waals surface area contributed by atoms with Gasteiger partial charge in [0.05, 0.1) is 12.5 Å². The quantitative estimate of drug-likeness (QED) is 0.0212. The summed E-state index contributed by atoms with van der Waals surface area (Å²) in [5.74, 6) is -8.12. The molecule has 2 aromatic rings. The van der Waals surface area contributed by atoms with Crippen molar-refractivity contribution in [1.29, 1.82) is 0 Å². The summed E-state index contributed by atoms with van der Waals surface area (Å²) >= 11 is 0. The molecule has 0 fully saturated rings. The molecule has 0 radical (unpaired) electrons. The van der Waals surface area contributed by atoms with Crippen LogP contribution in [0.4, 0.5) is 0 Å². The molecule has 0 heterocycles. The highest BCUT2D eigenvalue weighted by atomic mass is 16.4. The molecule has 0 saturated carbocycles. The van der Waals surface area contributed by atoms with E-state index in [2.05, 4.69) is 41.9 Å². The Bertz CT molecular complexity index is 2110. The Kier molecular flexibility index (Phi) is 25.2. The number of hydrogen-bond acceptors (Lipinski definition) is 12. The predicted octanol–water partition coefficient (Wildman–Crippen LogP) is -2.43. The minimum Gasteiger partial charge on any atom is -0.508 e. The van der Waals surface area contributed by atoms with E-state index in [-0.39, 0.29) is 94.0 Å². The van der Waals surface area contributed by atoms with Crippen molar-refractivity contribution < 1.29 is 48.6 Å². The number of nitrogens with one attached hydrogen (secondary N) is 6. The third-order valence-electron chi connectivity index (χ3n) is 10.5. The first kappa shape index (κ1) is 58.6. The number of rotatable bonds is 31. The number of nitrogens with zero attached hydrogens (tertiary/aromatic N) is 2. The van der Waals surface area contributed by atoms with Crippen LogP contribution in [0.15, 0.2) is 64.6 Å². The van der Waals surface area contributed by atoms with Crippen LogP contribution in [0.2, 0.25) is 0 Å². The van der Waals surface area contributed by atoms with E-state index in [1.165, 1.54) is 12.1 Å². The number of carbonyl (C=O) groups is 8. The van der Waals surface area contributed by atoms with Gasteiger partial charge < -0.3 is 76.5 Å². The Hall–Kier alpha value is -7.50. The number of primary amides is 1. The molecule has 0 saturated heterocycles. The topological polar surface area (TPSA) is 430 Å². The zero-order chi connectivity index (χ0) is 52.5. The van der Waals surface area contributed by atoms with Crippen LogP contribution in [-0.4, -0.2) is 125 Å². The zero-order valence-electron chi connectivity index (χ0n) is 40.2. The lowest BCUT2D eigenvalue weighted by Gasteiger charge is -2.28. The normalized spacial score (nSPS) is 14.0. The van der Waals surface area contributed by atoms with Crippen LogP contribution in [0, 0.1) is 11.8 Å². The Balaban J connectivity index is 2.40. The summed E-state index contributed by atoms with van der Waals surface area (Å²) in [5, 5.41) is 34.9. The maximum absolute atomic E-state index is 14.2. The molecule has 70 heavy (non-hydrogen) atoms. The molecule has 2 rings (SSSR count). The number of carbonyl (C=O) groups excluding carboxylic acids is 7. The fourth-order valence-corrected chi connectivity index (χ4v) is 7.03. The molecule has 24 heteroatoms. The molecular weight excluding hydrogens is 909 g/mol. The van der Waals surface area contributed by atoms with E-state index in [1.807, 2.05) is 13.8 Å². The van der Waals surface area contributed by atoms with E-state index in [0.29, 0.717) is 11.1 Å². The van der Waals surface area contributed by atoms with E-state index in [4.69, 9.17) is 34.4 Å². The number of amides is 7. The standard InChI is InChI=1S/C46H72N14O10/c1-25(2)20-33(40(65)55-31(12-8-18-53-45(49)50)39(64)60-36(24-37(48)62)43(68)56-32(44(69)70)13-9-19-54-46(51)52)58-41(66)34(21-26(3)4)59-42(67)35(23-27-10-6-5-7-11-27)57-38(63)30(47)22-28-14-16-29(61)17-15-28/h5-7,10-11,14-17,25-26,30-36,61H,8-9,12-13,18-24,47H2,1-4H3,(H2,48,62)(H,55,65)(H,56,68)(H,57,63)(H,58,66)(H,59,67)(H,60,64)(H,69,70)(H4,49,50,53)(H4,51,52,54)/t30-,31-,32-,33-,34-,35-,36-/m0/s1. The van der Waals surface area contributed by atoms with Gasteiger partial charge in [0.15, 0.2) is 11.9 Å². The minimum atomic E-state index is -1.68. The summed E-state index contributed by atoms with van der Waals surface area (Å²) in [6.07, 6.45) is -0.420. The smallest absolute Gasteiger partial charge is 0.326 e. The van der Waals surface area contributed by atoms with Gasteiger partial charge >= 0.3 is 5.97 Å². The number of aromatic hydroxyl groups is 1. The van der Waals surface area contributed by atoms with Crippen molar-refractivity contribution in [3.63, 3.8) is 0 Å². The zero-order valence-corrected chi connectivity index (χ0v) is 40.2. The van der Waals surface area contributed by atoms with Crippen LogP contribution in [0.1, 0.15) is 83.8 Å². The number of phenolic OH excluding ortho intramolecular Hbond substituents is 1. The summed E-state index contributed by atoms with van der Waals surface area (Å²) in [5.41, 5.74) is 34.6. The number of aliphatic imine (C=N–C) groups is 2. The number of nitrogens with two attached hydrogens (primary N) is 6. The van der Waals surface area contributed by atoms with Crippen LogP contribution in [0.25, 0.3) is 0 Å². The third kappa shape index (κ3) is 23.0. The van der Waals surface area contributed by atoms with Crippen LogP contribution < -0.4 is 66.3 Å². The third-order valence-corrected chi connectivity index (χ3v) is 10.5. The molecule has 0 aliphatic heterocycles. The highest BCUT2D eigenvalue weighted by molar-refractivity contribution is 5.98. The Morgan fingerprint density at radius 2 is 0.914 bits per heavy atom. The molecule has 20 N–H and O–H groups in total. The fraction of sp³-hybridized carbons (Fsp3) is 0.522. The number of guanidine groups is 2. The molecule has 24 nitrogen and oxygen atoms in total. The minimum absolute atomic E-state index is 0.0200. The lowest BCUT2D eigenvalue weighted by atomic mass is 9.98. The number of benzene rings is 2. The van der Waals surface area contributed by atoms with E-state index < -0.39 is 96.0 Å². The number of carboxylic acid groups (broad SMARTS) is 1. The van der Waals surface area contributed by atoms with Gasteiger partial charge in [-0.2, -0.15) is 0 Å². The SMILES string of the molecule is CC(C)C[C@H](NC(=O)[C@H](CC(C)C)NC(=O)[C@H](Cc1ccccc1)NC(=O)[C@@H](N)Cc1ccc(O)cc1)C(=O)N[C@@H](CCCN=C(N)N)C(=O)N[C@@H](CC(N)=O)C(=O)N[C@@H](CCCN=C(N)N)C(=O)O. The monoisotopic (exact) mass is 981 g/mol. The maximum Gasteiger partial charge on any atom is 0.326 e. The second-order valence-corrected chi connectivity index (χ2v) is 17.7. The molecule has 0 bridgehead atoms. The van der Waals surface area contributed by atoms with Crippen molar-refractivity contribution in [3.8, 4) is 5.75 Å². The first-order chi connectivity index (χ1) is 32.9. The maximum atomic E-state index is 14.2. The van der Waals surface area contributed by atoms with Gasteiger partial charge in [0, 0.05) is 19.5 Å². The Morgan fingerprint density at radius 1 is 0.514 bits per heavy atom. The van der Waals surface area contributed by atoms with Crippen molar-refractivity contribution in [2.45, 2.75) is 128 Å². The van der Waals surface area contributed by atoms with Crippen LogP contribution in [0.3, 0.4) is 0 Å². The second-order valence-electron chi connectivity index (χ2n) is 17.7. The van der Waals surface area contributed by atoms with Gasteiger partial charge in [0.1, 0.15) is 42.0 Å². The summed E-state index contributed by atoms with van der Waals surface area (Å²) < 4.78 is 0. The van der Waals surface area contributed by atoms with Crippen molar-refractivity contribution in [2.75, 3.05) is 13.1 Å². The summed E-state index contributed by atoms with van der Waals surface area (Å²) in [7, 11) is 0. The molecule has 2 aromatic carbocycles. The molecular formula is C46H72N14O10. The van der Waals surface area contributed by atoms with Gasteiger partial charge in [-0.05, 0) is 80.0 Å². The molecule has 386 valence electrons. The van der Waals surface area contributed by atoms with Gasteiger partial charge in [-0.25, -0.2) is 4.79 Å². The van der Waals surface area contributed by atoms with Crippen molar-refractivity contribution in [3.05, 3.63) is 65.7 Å². The van der Waals surface area contributed by atoms with E-state index in [1.54, 1.807) is 56.3 Å². The van der Waals surface area contributed by atoms with Crippen LogP contribution in [0.5, 0.6) is 5.75 Å². The largest absolute Gasteiger partial charge is 0.508 e. The summed E-state index contributed by atoms with van der Waals surface area (Å²) in [6, 6.07) is 5.68. The molecule has 7 amide bonds. The molecule has 0 aliphatic rings. The first-order valence-electron chi connectivity index (χ1n) is 23.0. The Morgan fingerprint density at radius 3 is 1.39 bits per heavy atom. The lowest BCUT2D eigenvalue weighted by molar-refractivity contribution is -0.142. The average Bonchev–Trinajstić information content (AvgIpc) is 3.27. The van der Waals surface area contributed by atoms with Gasteiger partial charge in [-0.1, -0.05) is 70.2 Å². The van der Waals surface area contributed by atoms with Crippen molar-refractivity contribution in [2.24, 2.45) is 56.2 Å². The van der Waals surface area contributed by atoms with E-state index in [9.17, 15) is 48.6 Å². The summed E-state index contributed by atoms with van der Waals surface area (Å²) in [6.45, 7) is 7.31. The van der Waals surface area contributed by atoms with Crippen molar-refractivity contribution >= 4 is 59.2 Å². The molecule has 7 atom stereocenters. The Labute approximate surface area is 407 Å². The predicted molar refractivity (Wildman–Crippen MR) is 262 cm³/mol. The van der Waals surface area contributed by atoms with Gasteiger partial charge in [-0.15, -0.1) is 0 Å². The summed E-state index contributed by atoms with van der Waals surface area (Å²) in [4.78, 5) is 115. The fourth-order valence-electron chi connectivity index (χ4n) is 7.03. The number of phenols is 1. The molecule has 0 aliphatic carbocycles. The van der Waals surface area contributed by atoms with Crippen molar-refractivity contribution in [1.82, 2.24) is 31.9 Å². The van der Waals surface area contributed by atoms with Crippen LogP contribution in [-0.2, 0) is 51.2 Å². The highest BCUT2D eigenvalue weighted by Crippen LogP contribution is 2.14. The number of carboxylic acids is 1. The van der Waals surface area contributed by atoms with Gasteiger partial charge in [0.2, 0.25) is 41.4 Å². The molecule has 0 unspecified atom stereocenters. The lowest BCUT2D eigenvalue weighted by Crippen LogP contribution is -2.60. The number of hydrogen-bond donors (Lipinski definition) is 14. The molecule has 0 spiro atoms.